The van der Waals surface area contributed by atoms with Crippen molar-refractivity contribution in [2.24, 2.45) is 0 Å². The van der Waals surface area contributed by atoms with E-state index in [-0.39, 0.29) is 18.2 Å². The predicted octanol–water partition coefficient (Wildman–Crippen LogP) is 3.29. The minimum atomic E-state index is -0.647. The second kappa shape index (κ2) is 7.75. The molecule has 28 heavy (non-hydrogen) atoms. The van der Waals surface area contributed by atoms with E-state index in [0.717, 1.165) is 11.3 Å². The largest absolute Gasteiger partial charge is 0.493 e. The Balaban J connectivity index is 1.47. The van der Waals surface area contributed by atoms with Gasteiger partial charge in [-0.15, -0.1) is 0 Å². The maximum atomic E-state index is 12.5. The van der Waals surface area contributed by atoms with Crippen LogP contribution < -0.4 is 4.74 Å². The molecule has 0 saturated heterocycles. The van der Waals surface area contributed by atoms with Gasteiger partial charge in [-0.1, -0.05) is 53.7 Å². The molecule has 0 fully saturated rings. The second-order valence-electron chi connectivity index (χ2n) is 5.78. The van der Waals surface area contributed by atoms with Crippen LogP contribution >= 0.6 is 0 Å². The van der Waals surface area contributed by atoms with E-state index in [2.05, 4.69) is 15.2 Å². The van der Waals surface area contributed by atoms with Crippen LogP contribution in [0.5, 0.6) is 5.75 Å². The van der Waals surface area contributed by atoms with Crippen molar-refractivity contribution in [2.45, 2.75) is 6.61 Å². The molecule has 4 aromatic rings. The van der Waals surface area contributed by atoms with Crippen molar-refractivity contribution in [3.05, 3.63) is 78.4 Å². The third-order valence-corrected chi connectivity index (χ3v) is 3.94. The number of para-hydroxylation sites is 1. The van der Waals surface area contributed by atoms with E-state index in [1.54, 1.807) is 10.9 Å². The van der Waals surface area contributed by atoms with Gasteiger partial charge in [0.25, 0.3) is 5.89 Å². The molecule has 2 aromatic carbocycles. The number of aromatic nitrogens is 4. The van der Waals surface area contributed by atoms with Crippen molar-refractivity contribution >= 4 is 5.97 Å². The van der Waals surface area contributed by atoms with Crippen LogP contribution in [0.25, 0.3) is 17.1 Å². The summed E-state index contributed by atoms with van der Waals surface area (Å²) in [6.07, 6.45) is 1.62. The summed E-state index contributed by atoms with van der Waals surface area (Å²) in [4.78, 5) is 16.7. The highest BCUT2D eigenvalue weighted by atomic mass is 16.6. The third-order valence-electron chi connectivity index (χ3n) is 3.94. The average molecular weight is 376 g/mol. The fraction of sp³-hybridized carbons (Fsp3) is 0.100. The molecule has 0 aliphatic rings. The molecule has 2 heterocycles. The SMILES string of the molecule is COc1cn(-c2ccccc2)nc1C(=O)OCc1nc(-c2ccccc2)no1. The molecule has 0 N–H and O–H groups in total. The van der Waals surface area contributed by atoms with Gasteiger partial charge in [0.15, 0.2) is 12.4 Å². The van der Waals surface area contributed by atoms with Crippen molar-refractivity contribution in [1.29, 1.82) is 0 Å². The number of carbonyl (C=O) groups excluding carboxylic acids is 1. The Kier molecular flexibility index (Phi) is 4.83. The molecule has 140 valence electrons. The topological polar surface area (TPSA) is 92.3 Å². The Hall–Kier alpha value is -3.94. The summed E-state index contributed by atoms with van der Waals surface area (Å²) < 4.78 is 17.2. The van der Waals surface area contributed by atoms with Gasteiger partial charge in [-0.2, -0.15) is 10.1 Å². The summed E-state index contributed by atoms with van der Waals surface area (Å²) in [6.45, 7) is -0.167. The molecule has 0 aliphatic carbocycles. The lowest BCUT2D eigenvalue weighted by Gasteiger charge is -2.01. The third kappa shape index (κ3) is 3.61. The standard InChI is InChI=1S/C20H16N4O4/c1-26-16-12-24(15-10-6-3-7-11-15)22-18(16)20(25)27-13-17-21-19(23-28-17)14-8-4-2-5-9-14/h2-12H,13H2,1H3. The van der Waals surface area contributed by atoms with Crippen LogP contribution in [0.3, 0.4) is 0 Å². The number of rotatable bonds is 6. The van der Waals surface area contributed by atoms with Crippen LogP contribution in [0.2, 0.25) is 0 Å². The Morgan fingerprint density at radius 1 is 1.07 bits per heavy atom. The van der Waals surface area contributed by atoms with Gasteiger partial charge in [-0.3, -0.25) is 0 Å². The van der Waals surface area contributed by atoms with Crippen molar-refractivity contribution in [3.8, 4) is 22.8 Å². The average Bonchev–Trinajstić information content (AvgIpc) is 3.40. The van der Waals surface area contributed by atoms with Crippen LogP contribution in [0, 0.1) is 0 Å². The summed E-state index contributed by atoms with van der Waals surface area (Å²) in [5.74, 6) is 0.279. The fourth-order valence-corrected chi connectivity index (χ4v) is 2.58. The van der Waals surface area contributed by atoms with Crippen LogP contribution in [0.4, 0.5) is 0 Å². The van der Waals surface area contributed by atoms with Crippen LogP contribution in [-0.2, 0) is 11.3 Å². The molecule has 4 rings (SSSR count). The van der Waals surface area contributed by atoms with Gasteiger partial charge >= 0.3 is 5.97 Å². The van der Waals surface area contributed by atoms with Crippen molar-refractivity contribution < 1.29 is 18.8 Å². The molecule has 0 radical (unpaired) electrons. The first kappa shape index (κ1) is 17.5. The molecule has 8 nitrogen and oxygen atoms in total. The first-order chi connectivity index (χ1) is 13.7. The number of methoxy groups -OCH3 is 1. The number of hydrogen-bond acceptors (Lipinski definition) is 7. The van der Waals surface area contributed by atoms with Crippen LogP contribution in [-0.4, -0.2) is 33.0 Å². The van der Waals surface area contributed by atoms with E-state index in [1.165, 1.54) is 7.11 Å². The Bertz CT molecular complexity index is 1070. The lowest BCUT2D eigenvalue weighted by molar-refractivity contribution is 0.0419. The second-order valence-corrected chi connectivity index (χ2v) is 5.78. The van der Waals surface area contributed by atoms with Gasteiger partial charge in [0, 0.05) is 5.56 Å². The zero-order chi connectivity index (χ0) is 19.3. The maximum absolute atomic E-state index is 12.5. The van der Waals surface area contributed by atoms with E-state index in [0.29, 0.717) is 11.6 Å². The summed E-state index contributed by atoms with van der Waals surface area (Å²) >= 11 is 0. The van der Waals surface area contributed by atoms with E-state index >= 15 is 0 Å². The molecular formula is C20H16N4O4. The van der Waals surface area contributed by atoms with Gasteiger partial charge < -0.3 is 14.0 Å². The van der Waals surface area contributed by atoms with Gasteiger partial charge in [0.1, 0.15) is 0 Å². The molecule has 0 spiro atoms. The predicted molar refractivity (Wildman–Crippen MR) is 99.0 cm³/mol. The smallest absolute Gasteiger partial charge is 0.363 e. The summed E-state index contributed by atoms with van der Waals surface area (Å²) in [5.41, 5.74) is 1.67. The molecule has 2 aromatic heterocycles. The molecule has 0 saturated carbocycles. The lowest BCUT2D eigenvalue weighted by atomic mass is 10.2. The zero-order valence-electron chi connectivity index (χ0n) is 15.0. The first-order valence-corrected chi connectivity index (χ1v) is 8.49. The van der Waals surface area contributed by atoms with Crippen molar-refractivity contribution in [1.82, 2.24) is 19.9 Å². The normalized spacial score (nSPS) is 10.6. The summed E-state index contributed by atoms with van der Waals surface area (Å²) in [6, 6.07) is 18.8. The Morgan fingerprint density at radius 3 is 2.50 bits per heavy atom. The van der Waals surface area contributed by atoms with Crippen molar-refractivity contribution in [3.63, 3.8) is 0 Å². The number of hydrogen-bond donors (Lipinski definition) is 0. The highest BCUT2D eigenvalue weighted by Crippen LogP contribution is 2.21. The van der Waals surface area contributed by atoms with E-state index in [9.17, 15) is 4.79 Å². The number of ether oxygens (including phenoxy) is 2. The minimum Gasteiger partial charge on any atom is -0.493 e. The molecule has 0 atom stereocenters. The maximum Gasteiger partial charge on any atom is 0.363 e. The Morgan fingerprint density at radius 2 is 1.79 bits per heavy atom. The van der Waals surface area contributed by atoms with Gasteiger partial charge in [-0.25, -0.2) is 9.48 Å². The number of benzene rings is 2. The quantitative estimate of drug-likeness (QED) is 0.477. The van der Waals surface area contributed by atoms with Gasteiger partial charge in [-0.05, 0) is 12.1 Å². The fourth-order valence-electron chi connectivity index (χ4n) is 2.58. The highest BCUT2D eigenvalue weighted by molar-refractivity contribution is 5.90. The molecule has 0 amide bonds. The van der Waals surface area contributed by atoms with Gasteiger partial charge in [0.2, 0.25) is 11.5 Å². The zero-order valence-corrected chi connectivity index (χ0v) is 15.0. The number of carbonyl (C=O) groups is 1. The van der Waals surface area contributed by atoms with Crippen LogP contribution in [0.15, 0.2) is 71.4 Å². The molecule has 8 heteroatoms. The monoisotopic (exact) mass is 376 g/mol. The van der Waals surface area contributed by atoms with Crippen LogP contribution in [0.1, 0.15) is 16.4 Å². The molecule has 0 bridgehead atoms. The minimum absolute atomic E-state index is 0.0640. The van der Waals surface area contributed by atoms with Crippen molar-refractivity contribution in [2.75, 3.05) is 7.11 Å². The van der Waals surface area contributed by atoms with E-state index < -0.39 is 5.97 Å². The van der Waals surface area contributed by atoms with E-state index in [1.807, 2.05) is 60.7 Å². The number of esters is 1. The molecule has 0 aliphatic heterocycles. The summed E-state index contributed by atoms with van der Waals surface area (Å²) in [5, 5.41) is 8.16. The van der Waals surface area contributed by atoms with Gasteiger partial charge in [0.05, 0.1) is 19.0 Å². The number of nitrogens with zero attached hydrogens (tertiary/aromatic N) is 4. The first-order valence-electron chi connectivity index (χ1n) is 8.49. The van der Waals surface area contributed by atoms with E-state index in [4.69, 9.17) is 14.0 Å². The Labute approximate surface area is 160 Å². The molecule has 0 unspecified atom stereocenters. The lowest BCUT2D eigenvalue weighted by Crippen LogP contribution is -2.08. The molecular weight excluding hydrogens is 360 g/mol. The highest BCUT2D eigenvalue weighted by Gasteiger charge is 2.21. The summed E-state index contributed by atoms with van der Waals surface area (Å²) in [7, 11) is 1.47.